The van der Waals surface area contributed by atoms with Crippen LogP contribution in [0.2, 0.25) is 0 Å². The normalized spacial score (nSPS) is 12.3. The molecule has 0 spiro atoms. The van der Waals surface area contributed by atoms with Gasteiger partial charge in [0, 0.05) is 11.9 Å². The number of nitrogens with one attached hydrogen (secondary N) is 1. The van der Waals surface area contributed by atoms with Crippen molar-refractivity contribution in [3.63, 3.8) is 0 Å². The number of hydrogen-bond acceptors (Lipinski definition) is 2. The van der Waals surface area contributed by atoms with Crippen LogP contribution in [-0.2, 0) is 0 Å². The third kappa shape index (κ3) is 3.80. The Morgan fingerprint density at radius 2 is 1.58 bits per heavy atom. The minimum absolute atomic E-state index is 0.170. The van der Waals surface area contributed by atoms with Gasteiger partial charge in [-0.2, -0.15) is 0 Å². The molecule has 3 N–H and O–H groups in total. The predicted octanol–water partition coefficient (Wildman–Crippen LogP) is 3.88. The minimum Gasteiger partial charge on any atom is -0.271 e. The van der Waals surface area contributed by atoms with E-state index < -0.39 is 0 Å². The molecule has 0 saturated heterocycles. The Morgan fingerprint density at radius 3 is 2.16 bits per heavy atom. The van der Waals surface area contributed by atoms with Gasteiger partial charge in [-0.1, -0.05) is 54.6 Å². The van der Waals surface area contributed by atoms with Crippen LogP contribution in [0.15, 0.2) is 54.6 Å². The van der Waals surface area contributed by atoms with Gasteiger partial charge in [0.2, 0.25) is 0 Å². The zero-order chi connectivity index (χ0) is 13.5. The van der Waals surface area contributed by atoms with Crippen molar-refractivity contribution in [2.24, 2.45) is 5.84 Å². The van der Waals surface area contributed by atoms with Gasteiger partial charge in [0.25, 0.3) is 0 Å². The lowest BCUT2D eigenvalue weighted by Crippen LogP contribution is -2.28. The van der Waals surface area contributed by atoms with Crippen LogP contribution in [0.5, 0.6) is 0 Å². The molecule has 0 saturated carbocycles. The van der Waals surface area contributed by atoms with Crippen molar-refractivity contribution in [1.82, 2.24) is 5.43 Å². The van der Waals surface area contributed by atoms with E-state index in [1.807, 2.05) is 18.2 Å². The zero-order valence-corrected chi connectivity index (χ0v) is 11.6. The van der Waals surface area contributed by atoms with E-state index in [9.17, 15) is 0 Å². The Balaban J connectivity index is 2.13. The van der Waals surface area contributed by atoms with Crippen LogP contribution < -0.4 is 11.3 Å². The first kappa shape index (κ1) is 14.1. The second-order valence-electron chi connectivity index (χ2n) is 4.54. The van der Waals surface area contributed by atoms with E-state index in [1.165, 1.54) is 16.7 Å². The van der Waals surface area contributed by atoms with E-state index in [0.717, 1.165) is 12.8 Å². The summed E-state index contributed by atoms with van der Waals surface area (Å²) in [4.78, 5) is 0. The molecule has 2 rings (SSSR count). The molecule has 19 heavy (non-hydrogen) atoms. The highest BCUT2D eigenvalue weighted by Crippen LogP contribution is 2.23. The van der Waals surface area contributed by atoms with E-state index in [4.69, 9.17) is 17.4 Å². The number of hydrogen-bond donors (Lipinski definition) is 2. The van der Waals surface area contributed by atoms with Crippen molar-refractivity contribution >= 4 is 11.6 Å². The summed E-state index contributed by atoms with van der Waals surface area (Å²) < 4.78 is 0. The molecule has 0 amide bonds. The van der Waals surface area contributed by atoms with Crippen molar-refractivity contribution in [2.45, 2.75) is 18.9 Å². The molecule has 0 aliphatic rings. The maximum absolute atomic E-state index is 5.73. The Labute approximate surface area is 119 Å². The Hall–Kier alpha value is -1.35. The van der Waals surface area contributed by atoms with Crippen molar-refractivity contribution < 1.29 is 0 Å². The van der Waals surface area contributed by atoms with E-state index in [1.54, 1.807) is 0 Å². The lowest BCUT2D eigenvalue weighted by molar-refractivity contribution is 0.511. The summed E-state index contributed by atoms with van der Waals surface area (Å²) >= 11 is 5.73. The number of hydrazine groups is 1. The summed E-state index contributed by atoms with van der Waals surface area (Å²) in [5.74, 6) is 6.27. The van der Waals surface area contributed by atoms with Gasteiger partial charge >= 0.3 is 0 Å². The molecule has 2 nitrogen and oxygen atoms in total. The van der Waals surface area contributed by atoms with E-state index >= 15 is 0 Å². The van der Waals surface area contributed by atoms with Crippen molar-refractivity contribution in [3.8, 4) is 11.1 Å². The first-order valence-electron chi connectivity index (χ1n) is 6.52. The molecular formula is C16H19ClN2. The molecule has 100 valence electrons. The monoisotopic (exact) mass is 274 g/mol. The highest BCUT2D eigenvalue weighted by atomic mass is 35.5. The standard InChI is InChI=1S/C16H19ClN2/c17-12-4-7-16(19-18)15-10-8-14(9-11-15)13-5-2-1-3-6-13/h1-3,5-6,8-11,16,19H,4,7,12,18H2. The Kier molecular flexibility index (Phi) is 5.40. The van der Waals surface area contributed by atoms with Gasteiger partial charge in [-0.25, -0.2) is 0 Å². The molecule has 0 radical (unpaired) electrons. The molecule has 0 fully saturated rings. The first-order valence-corrected chi connectivity index (χ1v) is 7.06. The lowest BCUT2D eigenvalue weighted by atomic mass is 9.99. The topological polar surface area (TPSA) is 38.0 Å². The van der Waals surface area contributed by atoms with Crippen molar-refractivity contribution in [1.29, 1.82) is 0 Å². The lowest BCUT2D eigenvalue weighted by Gasteiger charge is -2.16. The molecule has 0 heterocycles. The maximum Gasteiger partial charge on any atom is 0.0460 e. The molecule has 3 heteroatoms. The Morgan fingerprint density at radius 1 is 0.947 bits per heavy atom. The van der Waals surface area contributed by atoms with Crippen LogP contribution in [0.25, 0.3) is 11.1 Å². The van der Waals surface area contributed by atoms with Crippen molar-refractivity contribution in [3.05, 3.63) is 60.2 Å². The van der Waals surface area contributed by atoms with Gasteiger partial charge in [0.05, 0.1) is 0 Å². The summed E-state index contributed by atoms with van der Waals surface area (Å²) in [7, 11) is 0. The molecule has 2 aromatic carbocycles. The third-order valence-electron chi connectivity index (χ3n) is 3.25. The number of benzene rings is 2. The predicted molar refractivity (Wildman–Crippen MR) is 81.9 cm³/mol. The maximum atomic E-state index is 5.73. The number of nitrogens with two attached hydrogens (primary N) is 1. The average Bonchev–Trinajstić information content (AvgIpc) is 2.49. The summed E-state index contributed by atoms with van der Waals surface area (Å²) in [6.07, 6.45) is 1.90. The largest absolute Gasteiger partial charge is 0.271 e. The van der Waals surface area contributed by atoms with Crippen LogP contribution in [0.3, 0.4) is 0 Å². The van der Waals surface area contributed by atoms with Gasteiger partial charge in [-0.15, -0.1) is 11.6 Å². The third-order valence-corrected chi connectivity index (χ3v) is 3.52. The van der Waals surface area contributed by atoms with Crippen LogP contribution in [-0.4, -0.2) is 5.88 Å². The molecule has 1 unspecified atom stereocenters. The fourth-order valence-corrected chi connectivity index (χ4v) is 2.32. The molecule has 0 aliphatic heterocycles. The van der Waals surface area contributed by atoms with Gasteiger partial charge in [-0.3, -0.25) is 11.3 Å². The average molecular weight is 275 g/mol. The van der Waals surface area contributed by atoms with E-state index in [-0.39, 0.29) is 6.04 Å². The Bertz CT molecular complexity index is 482. The fraction of sp³-hybridized carbons (Fsp3) is 0.250. The summed E-state index contributed by atoms with van der Waals surface area (Å²) in [5.41, 5.74) is 6.50. The minimum atomic E-state index is 0.170. The molecule has 0 aromatic heterocycles. The highest BCUT2D eigenvalue weighted by Gasteiger charge is 2.09. The second-order valence-corrected chi connectivity index (χ2v) is 4.92. The second kappa shape index (κ2) is 7.29. The van der Waals surface area contributed by atoms with Crippen molar-refractivity contribution in [2.75, 3.05) is 5.88 Å². The van der Waals surface area contributed by atoms with Crippen LogP contribution in [0.1, 0.15) is 24.4 Å². The van der Waals surface area contributed by atoms with Gasteiger partial charge in [-0.05, 0) is 29.5 Å². The molecular weight excluding hydrogens is 256 g/mol. The van der Waals surface area contributed by atoms with Gasteiger partial charge in [0.15, 0.2) is 0 Å². The summed E-state index contributed by atoms with van der Waals surface area (Å²) in [6, 6.07) is 19.0. The SMILES string of the molecule is NNC(CCCCl)c1ccc(-c2ccccc2)cc1. The summed E-state index contributed by atoms with van der Waals surface area (Å²) in [6.45, 7) is 0. The smallest absolute Gasteiger partial charge is 0.0460 e. The van der Waals surface area contributed by atoms with E-state index in [0.29, 0.717) is 5.88 Å². The molecule has 1 atom stereocenters. The van der Waals surface area contributed by atoms with Crippen LogP contribution in [0.4, 0.5) is 0 Å². The molecule has 0 aliphatic carbocycles. The summed E-state index contributed by atoms with van der Waals surface area (Å²) in [5, 5.41) is 0. The molecule has 0 bridgehead atoms. The van der Waals surface area contributed by atoms with E-state index in [2.05, 4.69) is 41.8 Å². The zero-order valence-electron chi connectivity index (χ0n) is 10.9. The quantitative estimate of drug-likeness (QED) is 0.477. The van der Waals surface area contributed by atoms with Crippen LogP contribution in [0, 0.1) is 0 Å². The fourth-order valence-electron chi connectivity index (χ4n) is 2.17. The number of halogens is 1. The van der Waals surface area contributed by atoms with Gasteiger partial charge in [0.1, 0.15) is 0 Å². The number of rotatable bonds is 6. The highest BCUT2D eigenvalue weighted by molar-refractivity contribution is 6.17. The molecule has 2 aromatic rings. The van der Waals surface area contributed by atoms with Gasteiger partial charge < -0.3 is 0 Å². The number of alkyl halides is 1. The first-order chi connectivity index (χ1) is 9.35. The van der Waals surface area contributed by atoms with Crippen LogP contribution >= 0.6 is 11.6 Å².